The van der Waals surface area contributed by atoms with E-state index in [1.165, 1.54) is 0 Å². The third-order valence-corrected chi connectivity index (χ3v) is 2.82. The van der Waals surface area contributed by atoms with Gasteiger partial charge in [0, 0.05) is 10.9 Å². The molecule has 0 saturated heterocycles. The smallest absolute Gasteiger partial charge is 0.224 e. The van der Waals surface area contributed by atoms with Crippen molar-refractivity contribution in [2.45, 2.75) is 18.9 Å². The molecule has 0 aliphatic heterocycles. The minimum atomic E-state index is -0.578. The van der Waals surface area contributed by atoms with Crippen LogP contribution in [0, 0.1) is 17.2 Å². The Kier molecular flexibility index (Phi) is 3.12. The van der Waals surface area contributed by atoms with Crippen LogP contribution in [0.2, 0.25) is 5.02 Å². The third kappa shape index (κ3) is 2.53. The van der Waals surface area contributed by atoms with Crippen LogP contribution < -0.4 is 5.32 Å². The minimum absolute atomic E-state index is 0.0264. The second kappa shape index (κ2) is 4.54. The summed E-state index contributed by atoms with van der Waals surface area (Å²) in [5.41, 5.74) is 0.765. The fourth-order valence-electron chi connectivity index (χ4n) is 1.45. The summed E-state index contributed by atoms with van der Waals surface area (Å²) in [5.74, 6) is 0.0876. The van der Waals surface area contributed by atoms with Crippen molar-refractivity contribution < 1.29 is 4.79 Å². The highest BCUT2D eigenvalue weighted by atomic mass is 35.5. The fraction of sp³-hybridized carbons (Fsp3) is 0.333. The lowest BCUT2D eigenvalue weighted by Gasteiger charge is -2.11. The first-order valence-corrected chi connectivity index (χ1v) is 5.54. The van der Waals surface area contributed by atoms with Gasteiger partial charge in [0.05, 0.1) is 6.07 Å². The molecule has 0 heterocycles. The standard InChI is InChI=1S/C12H11ClN2O/c13-10-5-3-8(4-6-10)11(7-14)15-12(16)9-1-2-9/h3-6,9,11H,1-2H2,(H,15,16). The average molecular weight is 235 g/mol. The van der Waals surface area contributed by atoms with Gasteiger partial charge in [-0.25, -0.2) is 0 Å². The number of carbonyl (C=O) groups excluding carboxylic acids is 1. The number of rotatable bonds is 3. The van der Waals surface area contributed by atoms with Gasteiger partial charge in [-0.3, -0.25) is 4.79 Å². The van der Waals surface area contributed by atoms with Crippen molar-refractivity contribution in [3.63, 3.8) is 0 Å². The Morgan fingerprint density at radius 1 is 1.44 bits per heavy atom. The number of carbonyl (C=O) groups is 1. The van der Waals surface area contributed by atoms with Gasteiger partial charge in [0.15, 0.2) is 0 Å². The zero-order valence-electron chi connectivity index (χ0n) is 8.61. The van der Waals surface area contributed by atoms with Crippen LogP contribution in [0.4, 0.5) is 0 Å². The molecule has 1 fully saturated rings. The van der Waals surface area contributed by atoms with Gasteiger partial charge in [-0.05, 0) is 30.5 Å². The summed E-state index contributed by atoms with van der Waals surface area (Å²) in [6.07, 6.45) is 1.87. The topological polar surface area (TPSA) is 52.9 Å². The van der Waals surface area contributed by atoms with Crippen molar-refractivity contribution in [1.82, 2.24) is 5.32 Å². The van der Waals surface area contributed by atoms with Crippen molar-refractivity contribution in [3.05, 3.63) is 34.9 Å². The van der Waals surface area contributed by atoms with Crippen LogP contribution in [0.15, 0.2) is 24.3 Å². The monoisotopic (exact) mass is 234 g/mol. The molecular weight excluding hydrogens is 224 g/mol. The van der Waals surface area contributed by atoms with Crippen LogP contribution in [0.5, 0.6) is 0 Å². The minimum Gasteiger partial charge on any atom is -0.336 e. The first kappa shape index (κ1) is 11.0. The highest BCUT2D eigenvalue weighted by molar-refractivity contribution is 6.30. The summed E-state index contributed by atoms with van der Waals surface area (Å²) in [5, 5.41) is 12.3. The van der Waals surface area contributed by atoms with Gasteiger partial charge >= 0.3 is 0 Å². The van der Waals surface area contributed by atoms with Crippen molar-refractivity contribution in [1.29, 1.82) is 5.26 Å². The van der Waals surface area contributed by atoms with Crippen molar-refractivity contribution in [2.24, 2.45) is 5.92 Å². The number of amides is 1. The molecule has 2 rings (SSSR count). The van der Waals surface area contributed by atoms with E-state index in [1.54, 1.807) is 24.3 Å². The van der Waals surface area contributed by atoms with Gasteiger partial charge < -0.3 is 5.32 Å². The van der Waals surface area contributed by atoms with Crippen molar-refractivity contribution >= 4 is 17.5 Å². The maximum Gasteiger partial charge on any atom is 0.224 e. The van der Waals surface area contributed by atoms with E-state index in [9.17, 15) is 4.79 Å². The van der Waals surface area contributed by atoms with Gasteiger partial charge in [-0.2, -0.15) is 5.26 Å². The molecule has 0 aromatic heterocycles. The van der Waals surface area contributed by atoms with Crippen LogP contribution >= 0.6 is 11.6 Å². The van der Waals surface area contributed by atoms with Crippen LogP contribution in [0.25, 0.3) is 0 Å². The molecule has 0 spiro atoms. The van der Waals surface area contributed by atoms with Gasteiger partial charge in [-0.1, -0.05) is 23.7 Å². The number of hydrogen-bond acceptors (Lipinski definition) is 2. The first-order valence-electron chi connectivity index (χ1n) is 5.16. The second-order valence-corrected chi connectivity index (χ2v) is 4.33. The van der Waals surface area contributed by atoms with E-state index in [-0.39, 0.29) is 11.8 Å². The quantitative estimate of drug-likeness (QED) is 0.873. The van der Waals surface area contributed by atoms with Crippen molar-refractivity contribution in [2.75, 3.05) is 0 Å². The molecule has 16 heavy (non-hydrogen) atoms. The summed E-state index contributed by atoms with van der Waals surface area (Å²) in [6, 6.07) is 8.43. The van der Waals surface area contributed by atoms with Gasteiger partial charge in [-0.15, -0.1) is 0 Å². The van der Waals surface area contributed by atoms with Crippen LogP contribution in [0.3, 0.4) is 0 Å². The maximum atomic E-state index is 11.5. The lowest BCUT2D eigenvalue weighted by Crippen LogP contribution is -2.28. The molecule has 0 radical (unpaired) electrons. The highest BCUT2D eigenvalue weighted by Gasteiger charge is 2.31. The number of halogens is 1. The summed E-state index contributed by atoms with van der Waals surface area (Å²) in [7, 11) is 0. The summed E-state index contributed by atoms with van der Waals surface area (Å²) < 4.78 is 0. The zero-order chi connectivity index (χ0) is 11.5. The Morgan fingerprint density at radius 2 is 2.06 bits per heavy atom. The molecule has 1 saturated carbocycles. The first-order chi connectivity index (χ1) is 7.70. The van der Waals surface area contributed by atoms with Gasteiger partial charge in [0.2, 0.25) is 5.91 Å². The number of benzene rings is 1. The number of nitrogens with zero attached hydrogens (tertiary/aromatic N) is 1. The molecular formula is C12H11ClN2O. The number of nitriles is 1. The summed E-state index contributed by atoms with van der Waals surface area (Å²) in [4.78, 5) is 11.5. The molecule has 1 atom stereocenters. The molecule has 1 aromatic rings. The van der Waals surface area contributed by atoms with Crippen LogP contribution in [-0.4, -0.2) is 5.91 Å². The number of hydrogen-bond donors (Lipinski definition) is 1. The molecule has 3 nitrogen and oxygen atoms in total. The Balaban J connectivity index is 2.07. The van der Waals surface area contributed by atoms with Crippen molar-refractivity contribution in [3.8, 4) is 6.07 Å². The van der Waals surface area contributed by atoms with E-state index in [2.05, 4.69) is 11.4 Å². The average Bonchev–Trinajstić information content (AvgIpc) is 3.11. The molecule has 0 bridgehead atoms. The maximum absolute atomic E-state index is 11.5. The van der Waals surface area contributed by atoms with Crippen LogP contribution in [0.1, 0.15) is 24.4 Å². The molecule has 1 aliphatic carbocycles. The Labute approximate surface area is 99.0 Å². The zero-order valence-corrected chi connectivity index (χ0v) is 9.37. The summed E-state index contributed by atoms with van der Waals surface area (Å²) in [6.45, 7) is 0. The fourth-order valence-corrected chi connectivity index (χ4v) is 1.58. The Hall–Kier alpha value is -1.53. The largest absolute Gasteiger partial charge is 0.336 e. The number of nitrogens with one attached hydrogen (secondary N) is 1. The van der Waals surface area contributed by atoms with Gasteiger partial charge in [0.25, 0.3) is 0 Å². The van der Waals surface area contributed by atoms with E-state index < -0.39 is 6.04 Å². The van der Waals surface area contributed by atoms with E-state index in [1.807, 2.05) is 0 Å². The molecule has 1 amide bonds. The molecule has 1 aliphatic rings. The Bertz CT molecular complexity index is 431. The molecule has 1 aromatic carbocycles. The lowest BCUT2D eigenvalue weighted by molar-refractivity contribution is -0.122. The molecule has 1 N–H and O–H groups in total. The van der Waals surface area contributed by atoms with E-state index in [4.69, 9.17) is 16.9 Å². The normalized spacial score (nSPS) is 16.2. The second-order valence-electron chi connectivity index (χ2n) is 3.90. The Morgan fingerprint density at radius 3 is 2.56 bits per heavy atom. The highest BCUT2D eigenvalue weighted by Crippen LogP contribution is 2.29. The predicted molar refractivity (Wildman–Crippen MR) is 60.7 cm³/mol. The van der Waals surface area contributed by atoms with E-state index >= 15 is 0 Å². The molecule has 4 heteroatoms. The van der Waals surface area contributed by atoms with Gasteiger partial charge in [0.1, 0.15) is 6.04 Å². The van der Waals surface area contributed by atoms with E-state index in [0.717, 1.165) is 18.4 Å². The molecule has 1 unspecified atom stereocenters. The summed E-state index contributed by atoms with van der Waals surface area (Å²) >= 11 is 5.76. The van der Waals surface area contributed by atoms with E-state index in [0.29, 0.717) is 5.02 Å². The lowest BCUT2D eigenvalue weighted by atomic mass is 10.1. The molecule has 82 valence electrons. The van der Waals surface area contributed by atoms with Crippen LogP contribution in [-0.2, 0) is 4.79 Å². The predicted octanol–water partition coefficient (Wildman–Crippen LogP) is 2.43. The SMILES string of the molecule is N#CC(NC(=O)C1CC1)c1ccc(Cl)cc1. The third-order valence-electron chi connectivity index (χ3n) is 2.57.